The third-order valence-electron chi connectivity index (χ3n) is 7.27. The van der Waals surface area contributed by atoms with E-state index >= 15 is 0 Å². The van der Waals surface area contributed by atoms with Gasteiger partial charge in [-0.1, -0.05) is 109 Å². The summed E-state index contributed by atoms with van der Waals surface area (Å²) in [5, 5.41) is 2.73. The second kappa shape index (κ2) is 8.41. The van der Waals surface area contributed by atoms with Gasteiger partial charge in [-0.05, 0) is 69.3 Å². The second-order valence-electron chi connectivity index (χ2n) is 11.8. The van der Waals surface area contributed by atoms with Crippen molar-refractivity contribution < 1.29 is 0 Å². The molecule has 35 heavy (non-hydrogen) atoms. The van der Waals surface area contributed by atoms with Crippen LogP contribution >= 0.6 is 0 Å². The fraction of sp³-hybridized carbons (Fsp3) is 0.294. The summed E-state index contributed by atoms with van der Waals surface area (Å²) >= 11 is 0. The molecule has 1 aromatic heterocycles. The number of benzene rings is 4. The van der Waals surface area contributed by atoms with Crippen LogP contribution < -0.4 is 0 Å². The molecule has 0 saturated heterocycles. The predicted octanol–water partition coefficient (Wildman–Crippen LogP) is 9.61. The quantitative estimate of drug-likeness (QED) is 0.253. The molecule has 0 spiro atoms. The highest BCUT2D eigenvalue weighted by atomic mass is 15.0. The molecule has 0 amide bonds. The number of hydrogen-bond acceptors (Lipinski definition) is 0. The zero-order valence-corrected chi connectivity index (χ0v) is 22.2. The Morgan fingerprint density at radius 2 is 1.17 bits per heavy atom. The van der Waals surface area contributed by atoms with Crippen molar-refractivity contribution >= 4 is 21.8 Å². The van der Waals surface area contributed by atoms with Crippen LogP contribution in [0.2, 0.25) is 0 Å². The standard InChI is InChI=1S/C34H37N/c1-8-23-14-12-18-29-31(23)32-28(17-13-19-30(32)35(29)27-15-10-9-11-16-27)24-20-25(33(2,3)4)22-26(21-24)34(5,6)7/h9-22H,8H2,1-7H3. The van der Waals surface area contributed by atoms with E-state index < -0.39 is 0 Å². The van der Waals surface area contributed by atoms with Crippen molar-refractivity contribution in [3.8, 4) is 16.8 Å². The van der Waals surface area contributed by atoms with E-state index in [1.807, 2.05) is 0 Å². The Balaban J connectivity index is 1.93. The highest BCUT2D eigenvalue weighted by Gasteiger charge is 2.23. The molecule has 178 valence electrons. The van der Waals surface area contributed by atoms with Gasteiger partial charge in [-0.25, -0.2) is 0 Å². The molecule has 1 nitrogen and oxygen atoms in total. The molecule has 0 unspecified atom stereocenters. The molecule has 0 aliphatic rings. The van der Waals surface area contributed by atoms with Gasteiger partial charge in [-0.2, -0.15) is 0 Å². The van der Waals surface area contributed by atoms with E-state index in [0.717, 1.165) is 6.42 Å². The maximum atomic E-state index is 2.44. The molecule has 0 N–H and O–H groups in total. The Bertz CT molecular complexity index is 1490. The summed E-state index contributed by atoms with van der Waals surface area (Å²) in [4.78, 5) is 0. The van der Waals surface area contributed by atoms with Crippen LogP contribution in [0.4, 0.5) is 0 Å². The van der Waals surface area contributed by atoms with Gasteiger partial charge in [-0.3, -0.25) is 0 Å². The first kappa shape index (κ1) is 23.4. The van der Waals surface area contributed by atoms with Crippen molar-refractivity contribution in [1.29, 1.82) is 0 Å². The second-order valence-corrected chi connectivity index (χ2v) is 11.8. The molecule has 0 aliphatic heterocycles. The van der Waals surface area contributed by atoms with Crippen molar-refractivity contribution in [3.05, 3.63) is 102 Å². The largest absolute Gasteiger partial charge is 0.309 e. The zero-order valence-electron chi connectivity index (χ0n) is 22.2. The van der Waals surface area contributed by atoms with Gasteiger partial charge in [0.2, 0.25) is 0 Å². The van der Waals surface area contributed by atoms with E-state index in [4.69, 9.17) is 0 Å². The van der Waals surface area contributed by atoms with Gasteiger partial charge >= 0.3 is 0 Å². The van der Waals surface area contributed by atoms with Gasteiger partial charge in [0.05, 0.1) is 11.0 Å². The molecule has 1 heteroatoms. The number of aryl methyl sites for hydroxylation is 1. The molecule has 4 aromatic carbocycles. The summed E-state index contributed by atoms with van der Waals surface area (Å²) in [6, 6.07) is 31.6. The summed E-state index contributed by atoms with van der Waals surface area (Å²) in [5.74, 6) is 0. The lowest BCUT2D eigenvalue weighted by molar-refractivity contribution is 0.569. The van der Waals surface area contributed by atoms with Crippen molar-refractivity contribution in [2.24, 2.45) is 0 Å². The lowest BCUT2D eigenvalue weighted by atomic mass is 9.78. The summed E-state index contributed by atoms with van der Waals surface area (Å²) in [6.07, 6.45) is 1.01. The van der Waals surface area contributed by atoms with E-state index in [-0.39, 0.29) is 10.8 Å². The fourth-order valence-electron chi connectivity index (χ4n) is 5.22. The topological polar surface area (TPSA) is 4.93 Å². The molecule has 5 aromatic rings. The molecule has 5 rings (SSSR count). The zero-order chi connectivity index (χ0) is 25.0. The summed E-state index contributed by atoms with van der Waals surface area (Å²) in [6.45, 7) is 16.2. The van der Waals surface area contributed by atoms with Crippen molar-refractivity contribution in [2.75, 3.05) is 0 Å². The van der Waals surface area contributed by atoms with Crippen LogP contribution in [0.3, 0.4) is 0 Å². The molecule has 0 atom stereocenters. The fourth-order valence-corrected chi connectivity index (χ4v) is 5.22. The van der Waals surface area contributed by atoms with Crippen molar-refractivity contribution in [1.82, 2.24) is 4.57 Å². The first-order chi connectivity index (χ1) is 16.6. The third kappa shape index (κ3) is 4.08. The Labute approximate surface area is 210 Å². The number of aromatic nitrogens is 1. The maximum absolute atomic E-state index is 2.44. The molecule has 0 saturated carbocycles. The normalized spacial score (nSPS) is 12.5. The van der Waals surface area contributed by atoms with Crippen LogP contribution in [0.15, 0.2) is 84.9 Å². The van der Waals surface area contributed by atoms with E-state index in [2.05, 4.69) is 138 Å². The predicted molar refractivity (Wildman–Crippen MR) is 153 cm³/mol. The first-order valence-electron chi connectivity index (χ1n) is 12.9. The summed E-state index contributed by atoms with van der Waals surface area (Å²) < 4.78 is 2.44. The van der Waals surface area contributed by atoms with Gasteiger partial charge in [0.15, 0.2) is 0 Å². The maximum Gasteiger partial charge on any atom is 0.0547 e. The first-order valence-corrected chi connectivity index (χ1v) is 12.9. The minimum absolute atomic E-state index is 0.0799. The Morgan fingerprint density at radius 1 is 0.600 bits per heavy atom. The highest BCUT2D eigenvalue weighted by Crippen LogP contribution is 2.42. The SMILES string of the molecule is CCc1cccc2c1c1c(-c3cc(C(C)(C)C)cc(C(C)(C)C)c3)cccc1n2-c1ccccc1. The van der Waals surface area contributed by atoms with Crippen LogP contribution in [0, 0.1) is 0 Å². The van der Waals surface area contributed by atoms with Gasteiger partial charge in [-0.15, -0.1) is 0 Å². The third-order valence-corrected chi connectivity index (χ3v) is 7.27. The lowest BCUT2D eigenvalue weighted by Crippen LogP contribution is -2.16. The summed E-state index contributed by atoms with van der Waals surface area (Å²) in [7, 11) is 0. The van der Waals surface area contributed by atoms with E-state index in [1.165, 1.54) is 55.3 Å². The van der Waals surface area contributed by atoms with Gasteiger partial charge < -0.3 is 4.57 Å². The van der Waals surface area contributed by atoms with E-state index in [0.29, 0.717) is 0 Å². The molecule has 1 heterocycles. The average Bonchev–Trinajstić information content (AvgIpc) is 3.18. The Hall–Kier alpha value is -3.32. The summed E-state index contributed by atoms with van der Waals surface area (Å²) in [5.41, 5.74) is 10.7. The van der Waals surface area contributed by atoms with Crippen LogP contribution in [-0.4, -0.2) is 4.57 Å². The van der Waals surface area contributed by atoms with Gasteiger partial charge in [0.1, 0.15) is 0 Å². The lowest BCUT2D eigenvalue weighted by Gasteiger charge is -2.26. The minimum atomic E-state index is 0.0799. The van der Waals surface area contributed by atoms with E-state index in [9.17, 15) is 0 Å². The van der Waals surface area contributed by atoms with Gasteiger partial charge in [0.25, 0.3) is 0 Å². The number of nitrogens with zero attached hydrogens (tertiary/aromatic N) is 1. The van der Waals surface area contributed by atoms with Crippen molar-refractivity contribution in [2.45, 2.75) is 65.7 Å². The van der Waals surface area contributed by atoms with E-state index in [1.54, 1.807) is 0 Å². The Morgan fingerprint density at radius 3 is 1.74 bits per heavy atom. The van der Waals surface area contributed by atoms with Gasteiger partial charge in [0, 0.05) is 16.5 Å². The highest BCUT2D eigenvalue weighted by molar-refractivity contribution is 6.17. The molecule has 0 aliphatic carbocycles. The average molecular weight is 460 g/mol. The van der Waals surface area contributed by atoms with Crippen LogP contribution in [-0.2, 0) is 17.3 Å². The van der Waals surface area contributed by atoms with Crippen LogP contribution in [0.25, 0.3) is 38.6 Å². The number of rotatable bonds is 3. The molecular formula is C34H37N. The molecule has 0 radical (unpaired) electrons. The molecule has 0 bridgehead atoms. The molecule has 0 fully saturated rings. The number of fused-ring (bicyclic) bond motifs is 3. The van der Waals surface area contributed by atoms with Crippen LogP contribution in [0.5, 0.6) is 0 Å². The van der Waals surface area contributed by atoms with Crippen LogP contribution in [0.1, 0.15) is 65.2 Å². The molecular weight excluding hydrogens is 422 g/mol. The monoisotopic (exact) mass is 459 g/mol. The van der Waals surface area contributed by atoms with Crippen molar-refractivity contribution in [3.63, 3.8) is 0 Å². The number of hydrogen-bond donors (Lipinski definition) is 0. The Kier molecular flexibility index (Phi) is 5.63. The smallest absolute Gasteiger partial charge is 0.0547 e. The number of para-hydroxylation sites is 1. The minimum Gasteiger partial charge on any atom is -0.309 e.